The second kappa shape index (κ2) is 6.63. The van der Waals surface area contributed by atoms with Gasteiger partial charge in [-0.05, 0) is 25.0 Å². The Hall–Kier alpha value is -2.36. The molecule has 0 bridgehead atoms. The Balaban J connectivity index is 2.30. The number of phenolic OH excluding ortho intramolecular Hbond substituents is 1. The Kier molecular flexibility index (Phi) is 4.97. The van der Waals surface area contributed by atoms with Gasteiger partial charge in [-0.25, -0.2) is 4.79 Å². The van der Waals surface area contributed by atoms with Gasteiger partial charge in [0.15, 0.2) is 0 Å². The molecule has 2 atom stereocenters. The molecule has 1 aliphatic carbocycles. The first-order chi connectivity index (χ1) is 11.1. The van der Waals surface area contributed by atoms with Crippen molar-refractivity contribution in [2.75, 3.05) is 7.05 Å². The summed E-state index contributed by atoms with van der Waals surface area (Å²) in [5.74, 6) is -3.58. The largest absolute Gasteiger partial charge is 0.508 e. The third-order valence-corrected chi connectivity index (χ3v) is 4.24. The standard InChI is InChI=1S/C15H19NO8/c1-16(6-2-10(18)13(21)11(19)3-6)14(22)8-4-7(17)5-9(12(8)20)15(23)24/h4-6,10-11,13,17-21H,2-3H2,1H3,(H,23,24). The summed E-state index contributed by atoms with van der Waals surface area (Å²) < 4.78 is 0. The molecular formula is C15H19NO8. The molecule has 2 rings (SSSR count). The van der Waals surface area contributed by atoms with E-state index in [1.165, 1.54) is 7.05 Å². The average Bonchev–Trinajstić information content (AvgIpc) is 2.52. The molecule has 1 saturated carbocycles. The van der Waals surface area contributed by atoms with Crippen LogP contribution in [0.25, 0.3) is 0 Å². The number of carbonyl (C=O) groups excluding carboxylic acids is 1. The van der Waals surface area contributed by atoms with Crippen LogP contribution in [0, 0.1) is 0 Å². The second-order valence-electron chi connectivity index (χ2n) is 5.86. The van der Waals surface area contributed by atoms with Crippen LogP contribution >= 0.6 is 0 Å². The number of aromatic hydroxyl groups is 2. The highest BCUT2D eigenvalue weighted by atomic mass is 16.4. The molecule has 0 aromatic heterocycles. The summed E-state index contributed by atoms with van der Waals surface area (Å²) in [5.41, 5.74) is -1.03. The number of phenols is 2. The number of hydrogen-bond acceptors (Lipinski definition) is 7. The van der Waals surface area contributed by atoms with Crippen LogP contribution in [0.4, 0.5) is 0 Å². The van der Waals surface area contributed by atoms with E-state index in [2.05, 4.69) is 0 Å². The fourth-order valence-corrected chi connectivity index (χ4v) is 2.81. The van der Waals surface area contributed by atoms with Gasteiger partial charge in [-0.15, -0.1) is 0 Å². The Bertz CT molecular complexity index is 649. The number of benzene rings is 1. The molecule has 9 heteroatoms. The van der Waals surface area contributed by atoms with E-state index < -0.39 is 58.9 Å². The van der Waals surface area contributed by atoms with Crippen molar-refractivity contribution in [3.8, 4) is 11.5 Å². The number of rotatable bonds is 3. The van der Waals surface area contributed by atoms with Gasteiger partial charge in [0.1, 0.15) is 23.2 Å². The lowest BCUT2D eigenvalue weighted by Gasteiger charge is -2.38. The van der Waals surface area contributed by atoms with Gasteiger partial charge in [-0.3, -0.25) is 4.79 Å². The summed E-state index contributed by atoms with van der Waals surface area (Å²) in [5, 5.41) is 57.5. The minimum Gasteiger partial charge on any atom is -0.508 e. The number of nitrogens with zero attached hydrogens (tertiary/aromatic N) is 1. The zero-order valence-electron chi connectivity index (χ0n) is 12.8. The maximum absolute atomic E-state index is 12.5. The van der Waals surface area contributed by atoms with Crippen molar-refractivity contribution >= 4 is 11.9 Å². The minimum absolute atomic E-state index is 0.00579. The summed E-state index contributed by atoms with van der Waals surface area (Å²) in [6.07, 6.45) is -3.74. The number of carbonyl (C=O) groups is 2. The van der Waals surface area contributed by atoms with Crippen LogP contribution in [0.2, 0.25) is 0 Å². The van der Waals surface area contributed by atoms with Gasteiger partial charge in [0, 0.05) is 13.1 Å². The van der Waals surface area contributed by atoms with Gasteiger partial charge in [-0.2, -0.15) is 0 Å². The first-order valence-corrected chi connectivity index (χ1v) is 7.24. The van der Waals surface area contributed by atoms with Gasteiger partial charge in [0.25, 0.3) is 5.91 Å². The maximum Gasteiger partial charge on any atom is 0.339 e. The van der Waals surface area contributed by atoms with Gasteiger partial charge >= 0.3 is 5.97 Å². The van der Waals surface area contributed by atoms with Gasteiger partial charge in [-0.1, -0.05) is 0 Å². The number of aromatic carboxylic acids is 1. The number of aliphatic hydroxyl groups is 3. The molecule has 1 fully saturated rings. The summed E-state index contributed by atoms with van der Waals surface area (Å²) in [6, 6.07) is 1.12. The van der Waals surface area contributed by atoms with Crippen LogP contribution in [0.15, 0.2) is 12.1 Å². The second-order valence-corrected chi connectivity index (χ2v) is 5.86. The molecule has 1 amide bonds. The molecule has 1 aromatic carbocycles. The normalized spacial score (nSPS) is 26.8. The quantitative estimate of drug-likeness (QED) is 0.386. The number of amides is 1. The van der Waals surface area contributed by atoms with Crippen LogP contribution in [0.1, 0.15) is 33.6 Å². The third kappa shape index (κ3) is 3.28. The van der Waals surface area contributed by atoms with Crippen LogP contribution in [-0.4, -0.2) is 78.8 Å². The third-order valence-electron chi connectivity index (χ3n) is 4.24. The highest BCUT2D eigenvalue weighted by molar-refractivity contribution is 6.02. The maximum atomic E-state index is 12.5. The highest BCUT2D eigenvalue weighted by Crippen LogP contribution is 2.31. The molecule has 2 unspecified atom stereocenters. The SMILES string of the molecule is CN(C(=O)c1cc(O)cc(C(=O)O)c1O)C1CC(O)C(O)C(O)C1. The topological polar surface area (TPSA) is 159 Å². The molecule has 0 radical (unpaired) electrons. The van der Waals surface area contributed by atoms with E-state index in [9.17, 15) is 35.1 Å². The minimum atomic E-state index is -1.51. The Morgan fingerprint density at radius 3 is 2.04 bits per heavy atom. The molecule has 1 aliphatic rings. The van der Waals surface area contributed by atoms with Crippen LogP contribution in [0.5, 0.6) is 11.5 Å². The molecule has 0 spiro atoms. The zero-order chi connectivity index (χ0) is 18.2. The number of aliphatic hydroxyl groups excluding tert-OH is 3. The van der Waals surface area contributed by atoms with E-state index in [4.69, 9.17) is 5.11 Å². The van der Waals surface area contributed by atoms with Crippen LogP contribution in [-0.2, 0) is 0 Å². The van der Waals surface area contributed by atoms with E-state index >= 15 is 0 Å². The van der Waals surface area contributed by atoms with Gasteiger partial charge in [0.2, 0.25) is 0 Å². The first-order valence-electron chi connectivity index (χ1n) is 7.24. The predicted molar refractivity (Wildman–Crippen MR) is 79.9 cm³/mol. The van der Waals surface area contributed by atoms with E-state index in [0.29, 0.717) is 0 Å². The van der Waals surface area contributed by atoms with E-state index in [-0.39, 0.29) is 12.8 Å². The van der Waals surface area contributed by atoms with Crippen LogP contribution in [0.3, 0.4) is 0 Å². The van der Waals surface area contributed by atoms with Crippen molar-refractivity contribution in [1.82, 2.24) is 4.90 Å². The van der Waals surface area contributed by atoms with E-state index in [0.717, 1.165) is 17.0 Å². The molecule has 6 N–H and O–H groups in total. The summed E-state index contributed by atoms with van der Waals surface area (Å²) in [7, 11) is 1.36. The molecule has 24 heavy (non-hydrogen) atoms. The van der Waals surface area contributed by atoms with Crippen molar-refractivity contribution in [2.45, 2.75) is 37.2 Å². The molecule has 0 saturated heterocycles. The van der Waals surface area contributed by atoms with Crippen LogP contribution < -0.4 is 0 Å². The predicted octanol–water partition coefficient (Wildman–Crippen LogP) is -0.887. The van der Waals surface area contributed by atoms with Crippen molar-refractivity contribution in [3.05, 3.63) is 23.3 Å². The summed E-state index contributed by atoms with van der Waals surface area (Å²) >= 11 is 0. The lowest BCUT2D eigenvalue weighted by Crippen LogP contribution is -2.52. The van der Waals surface area contributed by atoms with Gasteiger partial charge < -0.3 is 35.5 Å². The number of hydrogen-bond donors (Lipinski definition) is 6. The van der Waals surface area contributed by atoms with Crippen molar-refractivity contribution < 1.29 is 40.2 Å². The number of carboxylic acids is 1. The van der Waals surface area contributed by atoms with Crippen molar-refractivity contribution in [3.63, 3.8) is 0 Å². The fourth-order valence-electron chi connectivity index (χ4n) is 2.81. The molecule has 132 valence electrons. The zero-order valence-corrected chi connectivity index (χ0v) is 12.8. The van der Waals surface area contributed by atoms with Gasteiger partial charge in [0.05, 0.1) is 17.8 Å². The highest BCUT2D eigenvalue weighted by Gasteiger charge is 2.38. The molecule has 0 heterocycles. The smallest absolute Gasteiger partial charge is 0.339 e. The van der Waals surface area contributed by atoms with E-state index in [1.807, 2.05) is 0 Å². The fraction of sp³-hybridized carbons (Fsp3) is 0.467. The Morgan fingerprint density at radius 2 is 1.54 bits per heavy atom. The lowest BCUT2D eigenvalue weighted by atomic mass is 9.87. The molecule has 1 aromatic rings. The first kappa shape index (κ1) is 18.0. The molecular weight excluding hydrogens is 322 g/mol. The van der Waals surface area contributed by atoms with Crippen molar-refractivity contribution in [1.29, 1.82) is 0 Å². The Morgan fingerprint density at radius 1 is 1.04 bits per heavy atom. The van der Waals surface area contributed by atoms with Crippen molar-refractivity contribution in [2.24, 2.45) is 0 Å². The summed E-state index contributed by atoms with van der Waals surface area (Å²) in [6.45, 7) is 0. The average molecular weight is 341 g/mol. The molecule has 0 aliphatic heterocycles. The Labute approximate surface area is 137 Å². The monoisotopic (exact) mass is 341 g/mol. The van der Waals surface area contributed by atoms with E-state index in [1.54, 1.807) is 0 Å². The lowest BCUT2D eigenvalue weighted by molar-refractivity contribution is -0.101. The number of carboxylic acid groups (broad SMARTS) is 1. The summed E-state index contributed by atoms with van der Waals surface area (Å²) in [4.78, 5) is 24.7. The molecule has 9 nitrogen and oxygen atoms in total.